The minimum absolute atomic E-state index is 0.162. The molecule has 0 amide bonds. The molecule has 1 rings (SSSR count). The van der Waals surface area contributed by atoms with Gasteiger partial charge >= 0.3 is 0 Å². The van der Waals surface area contributed by atoms with Gasteiger partial charge in [-0.3, -0.25) is 0 Å². The van der Waals surface area contributed by atoms with Crippen LogP contribution in [-0.4, -0.2) is 6.54 Å². The predicted octanol–water partition coefficient (Wildman–Crippen LogP) is 2.43. The second-order valence-corrected chi connectivity index (χ2v) is 4.31. The van der Waals surface area contributed by atoms with Crippen molar-refractivity contribution >= 4 is 0 Å². The zero-order valence-electron chi connectivity index (χ0n) is 9.79. The minimum atomic E-state index is 0.162. The second kappa shape index (κ2) is 5.89. The van der Waals surface area contributed by atoms with E-state index in [1.165, 1.54) is 16.7 Å². The SMILES string of the molecule is Cc1cc(C)cc([C@H](N)CCCCN)c1. The van der Waals surface area contributed by atoms with Crippen molar-refractivity contribution in [3.05, 3.63) is 34.9 Å². The van der Waals surface area contributed by atoms with Gasteiger partial charge in [0.05, 0.1) is 0 Å². The van der Waals surface area contributed by atoms with Gasteiger partial charge in [-0.2, -0.15) is 0 Å². The Morgan fingerprint density at radius 2 is 1.67 bits per heavy atom. The molecule has 1 aromatic rings. The summed E-state index contributed by atoms with van der Waals surface area (Å²) in [5.41, 5.74) is 15.4. The molecule has 0 saturated carbocycles. The molecule has 2 nitrogen and oxygen atoms in total. The molecule has 15 heavy (non-hydrogen) atoms. The van der Waals surface area contributed by atoms with Gasteiger partial charge in [0.1, 0.15) is 0 Å². The molecular formula is C13H22N2. The summed E-state index contributed by atoms with van der Waals surface area (Å²) in [5.74, 6) is 0. The van der Waals surface area contributed by atoms with Crippen molar-refractivity contribution in [2.75, 3.05) is 6.54 Å². The standard InChI is InChI=1S/C13H22N2/c1-10-7-11(2)9-12(8-10)13(15)5-3-4-6-14/h7-9,13H,3-6,14-15H2,1-2H3/t13-/m1/s1. The fourth-order valence-corrected chi connectivity index (χ4v) is 1.90. The molecule has 0 bridgehead atoms. The number of aryl methyl sites for hydroxylation is 2. The number of nitrogens with two attached hydrogens (primary N) is 2. The van der Waals surface area contributed by atoms with Gasteiger partial charge in [-0.25, -0.2) is 0 Å². The lowest BCUT2D eigenvalue weighted by Gasteiger charge is -2.13. The highest BCUT2D eigenvalue weighted by Gasteiger charge is 2.06. The zero-order chi connectivity index (χ0) is 11.3. The van der Waals surface area contributed by atoms with E-state index in [1.54, 1.807) is 0 Å². The van der Waals surface area contributed by atoms with E-state index in [1.807, 2.05) is 0 Å². The Morgan fingerprint density at radius 3 is 2.20 bits per heavy atom. The highest BCUT2D eigenvalue weighted by molar-refractivity contribution is 5.30. The van der Waals surface area contributed by atoms with Gasteiger partial charge in [0.2, 0.25) is 0 Å². The first-order valence-electron chi connectivity index (χ1n) is 5.67. The Morgan fingerprint density at radius 1 is 1.07 bits per heavy atom. The van der Waals surface area contributed by atoms with Gasteiger partial charge in [0.25, 0.3) is 0 Å². The quantitative estimate of drug-likeness (QED) is 0.727. The predicted molar refractivity (Wildman–Crippen MR) is 65.7 cm³/mol. The Labute approximate surface area is 92.7 Å². The number of unbranched alkanes of at least 4 members (excludes halogenated alkanes) is 1. The third-order valence-electron chi connectivity index (χ3n) is 2.64. The summed E-state index contributed by atoms with van der Waals surface area (Å²) in [6.07, 6.45) is 3.21. The van der Waals surface area contributed by atoms with Crippen LogP contribution in [0.5, 0.6) is 0 Å². The number of hydrogen-bond acceptors (Lipinski definition) is 2. The monoisotopic (exact) mass is 206 g/mol. The molecule has 1 atom stereocenters. The molecule has 0 heterocycles. The second-order valence-electron chi connectivity index (χ2n) is 4.31. The van der Waals surface area contributed by atoms with Crippen LogP contribution in [0.3, 0.4) is 0 Å². The summed E-state index contributed by atoms with van der Waals surface area (Å²) < 4.78 is 0. The molecule has 4 N–H and O–H groups in total. The molecule has 84 valence electrons. The van der Waals surface area contributed by atoms with Crippen LogP contribution in [0.2, 0.25) is 0 Å². The van der Waals surface area contributed by atoms with Crippen molar-refractivity contribution in [2.45, 2.75) is 39.2 Å². The van der Waals surface area contributed by atoms with E-state index in [2.05, 4.69) is 32.0 Å². The van der Waals surface area contributed by atoms with Crippen molar-refractivity contribution < 1.29 is 0 Å². The van der Waals surface area contributed by atoms with E-state index >= 15 is 0 Å². The van der Waals surface area contributed by atoms with Crippen molar-refractivity contribution in [3.63, 3.8) is 0 Å². The van der Waals surface area contributed by atoms with Crippen LogP contribution in [0.1, 0.15) is 42.0 Å². The largest absolute Gasteiger partial charge is 0.330 e. The average Bonchev–Trinajstić information content (AvgIpc) is 2.16. The third kappa shape index (κ3) is 4.02. The van der Waals surface area contributed by atoms with Crippen molar-refractivity contribution in [1.82, 2.24) is 0 Å². The average molecular weight is 206 g/mol. The van der Waals surface area contributed by atoms with Crippen molar-refractivity contribution in [3.8, 4) is 0 Å². The summed E-state index contributed by atoms with van der Waals surface area (Å²) >= 11 is 0. The van der Waals surface area contributed by atoms with Crippen LogP contribution in [0.25, 0.3) is 0 Å². The fourth-order valence-electron chi connectivity index (χ4n) is 1.90. The van der Waals surface area contributed by atoms with Gasteiger partial charge in [0, 0.05) is 6.04 Å². The molecule has 0 aromatic heterocycles. The van der Waals surface area contributed by atoms with E-state index in [9.17, 15) is 0 Å². The number of rotatable bonds is 5. The summed E-state index contributed by atoms with van der Waals surface area (Å²) in [6, 6.07) is 6.70. The molecule has 0 aliphatic rings. The topological polar surface area (TPSA) is 52.0 Å². The lowest BCUT2D eigenvalue weighted by Crippen LogP contribution is -2.11. The lowest BCUT2D eigenvalue weighted by atomic mass is 9.98. The molecule has 0 aliphatic carbocycles. The van der Waals surface area contributed by atoms with E-state index in [-0.39, 0.29) is 6.04 Å². The number of benzene rings is 1. The fraction of sp³-hybridized carbons (Fsp3) is 0.538. The van der Waals surface area contributed by atoms with Crippen LogP contribution < -0.4 is 11.5 Å². The number of hydrogen-bond donors (Lipinski definition) is 2. The molecule has 2 heteroatoms. The summed E-state index contributed by atoms with van der Waals surface area (Å²) in [5, 5.41) is 0. The highest BCUT2D eigenvalue weighted by Crippen LogP contribution is 2.19. The van der Waals surface area contributed by atoms with Crippen LogP contribution in [0.15, 0.2) is 18.2 Å². The summed E-state index contributed by atoms with van der Waals surface area (Å²) in [7, 11) is 0. The molecule has 0 saturated heterocycles. The van der Waals surface area contributed by atoms with Crippen molar-refractivity contribution in [2.24, 2.45) is 11.5 Å². The highest BCUT2D eigenvalue weighted by atomic mass is 14.6. The normalized spacial score (nSPS) is 12.8. The van der Waals surface area contributed by atoms with Gasteiger partial charge < -0.3 is 11.5 Å². The zero-order valence-corrected chi connectivity index (χ0v) is 9.79. The van der Waals surface area contributed by atoms with Gasteiger partial charge in [-0.1, -0.05) is 35.7 Å². The van der Waals surface area contributed by atoms with E-state index in [4.69, 9.17) is 11.5 Å². The maximum absolute atomic E-state index is 6.13. The van der Waals surface area contributed by atoms with E-state index < -0.39 is 0 Å². The first kappa shape index (κ1) is 12.2. The minimum Gasteiger partial charge on any atom is -0.330 e. The Kier molecular flexibility index (Phi) is 4.79. The molecule has 0 spiro atoms. The molecule has 0 unspecified atom stereocenters. The maximum Gasteiger partial charge on any atom is 0.0295 e. The lowest BCUT2D eigenvalue weighted by molar-refractivity contribution is 0.590. The Bertz CT molecular complexity index is 287. The Balaban J connectivity index is 2.60. The van der Waals surface area contributed by atoms with Crippen LogP contribution in [-0.2, 0) is 0 Å². The first-order valence-corrected chi connectivity index (χ1v) is 5.67. The van der Waals surface area contributed by atoms with Gasteiger partial charge in [-0.05, 0) is 38.8 Å². The first-order chi connectivity index (χ1) is 7.13. The molecular weight excluding hydrogens is 184 g/mol. The summed E-state index contributed by atoms with van der Waals surface area (Å²) in [6.45, 7) is 4.99. The summed E-state index contributed by atoms with van der Waals surface area (Å²) in [4.78, 5) is 0. The smallest absolute Gasteiger partial charge is 0.0295 e. The van der Waals surface area contributed by atoms with E-state index in [0.29, 0.717) is 0 Å². The van der Waals surface area contributed by atoms with Crippen LogP contribution >= 0.6 is 0 Å². The Hall–Kier alpha value is -0.860. The van der Waals surface area contributed by atoms with Gasteiger partial charge in [-0.15, -0.1) is 0 Å². The van der Waals surface area contributed by atoms with Crippen LogP contribution in [0.4, 0.5) is 0 Å². The van der Waals surface area contributed by atoms with E-state index in [0.717, 1.165) is 25.8 Å². The third-order valence-corrected chi connectivity index (χ3v) is 2.64. The van der Waals surface area contributed by atoms with Crippen molar-refractivity contribution in [1.29, 1.82) is 0 Å². The molecule has 0 aliphatic heterocycles. The molecule has 0 radical (unpaired) electrons. The molecule has 0 fully saturated rings. The van der Waals surface area contributed by atoms with Crippen LogP contribution in [0, 0.1) is 13.8 Å². The van der Waals surface area contributed by atoms with Gasteiger partial charge in [0.15, 0.2) is 0 Å². The maximum atomic E-state index is 6.13. The molecule has 1 aromatic carbocycles.